The number of rotatable bonds is 3. The minimum Gasteiger partial charge on any atom is -0.324 e. The summed E-state index contributed by atoms with van der Waals surface area (Å²) in [5.74, 6) is 0.886. The van der Waals surface area contributed by atoms with Crippen molar-refractivity contribution in [3.05, 3.63) is 53.6 Å². The summed E-state index contributed by atoms with van der Waals surface area (Å²) in [5, 5.41) is 16.1. The van der Waals surface area contributed by atoms with Crippen LogP contribution in [0.5, 0.6) is 0 Å². The Balaban J connectivity index is 1.72. The van der Waals surface area contributed by atoms with Crippen molar-refractivity contribution in [1.29, 1.82) is 0 Å². The molecule has 1 aromatic carbocycles. The first-order chi connectivity index (χ1) is 11.7. The van der Waals surface area contributed by atoms with Gasteiger partial charge in [-0.1, -0.05) is 17.7 Å². The van der Waals surface area contributed by atoms with Crippen LogP contribution in [0.1, 0.15) is 5.69 Å². The average Bonchev–Trinajstić information content (AvgIpc) is 3.05. The number of nitrogens with one attached hydrogen (secondary N) is 1. The molecular formula is C15H11ClN8. The van der Waals surface area contributed by atoms with Gasteiger partial charge < -0.3 is 5.32 Å². The zero-order chi connectivity index (χ0) is 16.5. The highest BCUT2D eigenvalue weighted by Gasteiger charge is 2.12. The fourth-order valence-corrected chi connectivity index (χ4v) is 2.48. The highest BCUT2D eigenvalue weighted by Crippen LogP contribution is 2.21. The van der Waals surface area contributed by atoms with Crippen molar-refractivity contribution in [2.45, 2.75) is 6.92 Å². The zero-order valence-electron chi connectivity index (χ0n) is 12.5. The number of fused-ring (bicyclic) bond motifs is 1. The monoisotopic (exact) mass is 338 g/mol. The molecule has 9 heteroatoms. The average molecular weight is 339 g/mol. The third kappa shape index (κ3) is 2.63. The summed E-state index contributed by atoms with van der Waals surface area (Å²) in [5.41, 5.74) is 2.85. The van der Waals surface area contributed by atoms with Gasteiger partial charge in [-0.15, -0.1) is 10.2 Å². The molecule has 0 radical (unpaired) electrons. The fourth-order valence-electron chi connectivity index (χ4n) is 2.29. The summed E-state index contributed by atoms with van der Waals surface area (Å²) in [7, 11) is 0. The Bertz CT molecular complexity index is 1030. The maximum Gasteiger partial charge on any atom is 0.271 e. The van der Waals surface area contributed by atoms with E-state index in [2.05, 4.69) is 35.6 Å². The largest absolute Gasteiger partial charge is 0.324 e. The van der Waals surface area contributed by atoms with Gasteiger partial charge in [-0.25, -0.2) is 9.97 Å². The highest BCUT2D eigenvalue weighted by atomic mass is 35.5. The van der Waals surface area contributed by atoms with Gasteiger partial charge in [-0.05, 0) is 31.2 Å². The molecule has 0 bridgehead atoms. The Hall–Kier alpha value is -3.13. The van der Waals surface area contributed by atoms with Crippen molar-refractivity contribution in [2.75, 3.05) is 5.32 Å². The van der Waals surface area contributed by atoms with E-state index >= 15 is 0 Å². The first-order valence-corrected chi connectivity index (χ1v) is 7.47. The molecule has 0 atom stereocenters. The third-order valence-electron chi connectivity index (χ3n) is 3.41. The highest BCUT2D eigenvalue weighted by molar-refractivity contribution is 6.30. The first-order valence-electron chi connectivity index (χ1n) is 7.10. The molecule has 3 aromatic heterocycles. The number of anilines is 2. The van der Waals surface area contributed by atoms with Gasteiger partial charge >= 0.3 is 0 Å². The van der Waals surface area contributed by atoms with Gasteiger partial charge in [-0.3, -0.25) is 0 Å². The maximum atomic E-state index is 5.99. The van der Waals surface area contributed by atoms with Gasteiger partial charge in [0.05, 0.1) is 11.4 Å². The van der Waals surface area contributed by atoms with Crippen LogP contribution in [0.4, 0.5) is 11.6 Å². The zero-order valence-corrected chi connectivity index (χ0v) is 13.3. The van der Waals surface area contributed by atoms with Gasteiger partial charge in [0.2, 0.25) is 5.95 Å². The molecule has 0 saturated carbocycles. The summed E-state index contributed by atoms with van der Waals surface area (Å²) in [4.78, 5) is 12.7. The molecule has 0 saturated heterocycles. The molecular weight excluding hydrogens is 328 g/mol. The smallest absolute Gasteiger partial charge is 0.271 e. The summed E-state index contributed by atoms with van der Waals surface area (Å²) in [6.45, 7) is 1.89. The van der Waals surface area contributed by atoms with Gasteiger partial charge in [0.15, 0.2) is 0 Å². The molecule has 0 fully saturated rings. The van der Waals surface area contributed by atoms with Gasteiger partial charge in [0.25, 0.3) is 5.78 Å². The molecule has 1 N–H and O–H groups in total. The van der Waals surface area contributed by atoms with Crippen LogP contribution in [0, 0.1) is 6.92 Å². The van der Waals surface area contributed by atoms with Crippen LogP contribution in [-0.4, -0.2) is 34.8 Å². The fraction of sp³-hybridized carbons (Fsp3) is 0.0667. The lowest BCUT2D eigenvalue weighted by molar-refractivity contribution is 0.850. The number of halogens is 1. The van der Waals surface area contributed by atoms with Gasteiger partial charge in [-0.2, -0.15) is 14.6 Å². The first kappa shape index (κ1) is 14.5. The standard InChI is InChI=1S/C15H11ClN8/c1-9-13(22-23-15-18-8-19-24(9)15)12-5-6-17-14(21-12)20-11-4-2-3-10(16)7-11/h2-8H,1H3,(H,17,20,21). The van der Waals surface area contributed by atoms with E-state index in [0.717, 1.165) is 11.4 Å². The predicted octanol–water partition coefficient (Wildman–Crippen LogP) is 2.68. The van der Waals surface area contributed by atoms with E-state index in [4.69, 9.17) is 11.6 Å². The SMILES string of the molecule is Cc1c(-c2ccnc(Nc3cccc(Cl)c3)n2)nnc2ncnn12. The van der Waals surface area contributed by atoms with Crippen LogP contribution >= 0.6 is 11.6 Å². The van der Waals surface area contributed by atoms with Crippen LogP contribution in [0.3, 0.4) is 0 Å². The van der Waals surface area contributed by atoms with Crippen molar-refractivity contribution in [3.63, 3.8) is 0 Å². The Morgan fingerprint density at radius 2 is 2.04 bits per heavy atom. The van der Waals surface area contributed by atoms with Crippen LogP contribution in [-0.2, 0) is 0 Å². The van der Waals surface area contributed by atoms with Gasteiger partial charge in [0.1, 0.15) is 12.0 Å². The molecule has 3 heterocycles. The van der Waals surface area contributed by atoms with Crippen molar-refractivity contribution in [2.24, 2.45) is 0 Å². The molecule has 0 spiro atoms. The number of aromatic nitrogens is 7. The molecule has 0 aliphatic heterocycles. The molecule has 4 rings (SSSR count). The minimum absolute atomic E-state index is 0.439. The molecule has 8 nitrogen and oxygen atoms in total. The lowest BCUT2D eigenvalue weighted by atomic mass is 10.2. The number of hydrogen-bond donors (Lipinski definition) is 1. The van der Waals surface area contributed by atoms with E-state index in [-0.39, 0.29) is 0 Å². The Labute approximate surface area is 141 Å². The molecule has 0 aliphatic rings. The van der Waals surface area contributed by atoms with Crippen molar-refractivity contribution in [1.82, 2.24) is 34.8 Å². The number of nitrogens with zero attached hydrogens (tertiary/aromatic N) is 7. The minimum atomic E-state index is 0.439. The van der Waals surface area contributed by atoms with Crippen molar-refractivity contribution in [3.8, 4) is 11.4 Å². The molecule has 4 aromatic rings. The molecule has 0 unspecified atom stereocenters. The lowest BCUT2D eigenvalue weighted by Crippen LogP contribution is -2.05. The van der Waals surface area contributed by atoms with Crippen molar-refractivity contribution < 1.29 is 0 Å². The molecule has 24 heavy (non-hydrogen) atoms. The second-order valence-corrected chi connectivity index (χ2v) is 5.44. The van der Waals surface area contributed by atoms with Crippen molar-refractivity contribution >= 4 is 29.0 Å². The van der Waals surface area contributed by atoms with E-state index in [0.29, 0.717) is 28.1 Å². The Morgan fingerprint density at radius 1 is 1.12 bits per heavy atom. The summed E-state index contributed by atoms with van der Waals surface area (Å²) >= 11 is 5.99. The summed E-state index contributed by atoms with van der Waals surface area (Å²) in [6, 6.07) is 9.10. The van der Waals surface area contributed by atoms with E-state index in [1.807, 2.05) is 19.1 Å². The number of benzene rings is 1. The quantitative estimate of drug-likeness (QED) is 0.613. The maximum absolute atomic E-state index is 5.99. The van der Waals surface area contributed by atoms with Crippen LogP contribution in [0.25, 0.3) is 17.2 Å². The van der Waals surface area contributed by atoms with Crippen LogP contribution in [0.15, 0.2) is 42.9 Å². The van der Waals surface area contributed by atoms with Crippen LogP contribution < -0.4 is 5.32 Å². The third-order valence-corrected chi connectivity index (χ3v) is 3.64. The Kier molecular flexibility index (Phi) is 3.51. The second kappa shape index (κ2) is 5.82. The molecule has 118 valence electrons. The summed E-state index contributed by atoms with van der Waals surface area (Å²) < 4.78 is 1.62. The number of aryl methyl sites for hydroxylation is 1. The van der Waals surface area contributed by atoms with Crippen LogP contribution in [0.2, 0.25) is 5.02 Å². The van der Waals surface area contributed by atoms with E-state index < -0.39 is 0 Å². The normalized spacial score (nSPS) is 10.9. The van der Waals surface area contributed by atoms with E-state index in [1.54, 1.807) is 28.9 Å². The van der Waals surface area contributed by atoms with E-state index in [9.17, 15) is 0 Å². The van der Waals surface area contributed by atoms with E-state index in [1.165, 1.54) is 6.33 Å². The predicted molar refractivity (Wildman–Crippen MR) is 89.1 cm³/mol. The molecule has 0 amide bonds. The number of hydrogen-bond acceptors (Lipinski definition) is 7. The topological polar surface area (TPSA) is 93.8 Å². The Morgan fingerprint density at radius 3 is 2.92 bits per heavy atom. The second-order valence-electron chi connectivity index (χ2n) is 5.01. The molecule has 0 aliphatic carbocycles. The summed E-state index contributed by atoms with van der Waals surface area (Å²) in [6.07, 6.45) is 3.09. The van der Waals surface area contributed by atoms with Gasteiger partial charge in [0, 0.05) is 16.9 Å². The lowest BCUT2D eigenvalue weighted by Gasteiger charge is -2.08.